The van der Waals surface area contributed by atoms with Crippen molar-refractivity contribution in [3.63, 3.8) is 0 Å². The summed E-state index contributed by atoms with van der Waals surface area (Å²) in [5.74, 6) is -2.23. The second kappa shape index (κ2) is 9.29. The van der Waals surface area contributed by atoms with Crippen molar-refractivity contribution in [2.75, 3.05) is 4.90 Å². The van der Waals surface area contributed by atoms with Gasteiger partial charge < -0.3 is 0 Å². The molecule has 174 valence electrons. The van der Waals surface area contributed by atoms with Crippen LogP contribution in [0, 0.1) is 12.8 Å². The van der Waals surface area contributed by atoms with Gasteiger partial charge in [0.05, 0.1) is 11.7 Å². The van der Waals surface area contributed by atoms with E-state index in [4.69, 9.17) is 0 Å². The van der Waals surface area contributed by atoms with E-state index in [-0.39, 0.29) is 17.5 Å². The summed E-state index contributed by atoms with van der Waals surface area (Å²) in [6, 6.07) is 17.5. The van der Waals surface area contributed by atoms with Crippen molar-refractivity contribution >= 4 is 23.3 Å². The third-order valence-corrected chi connectivity index (χ3v) is 6.38. The highest BCUT2D eigenvalue weighted by Gasteiger charge is 2.52. The smallest absolute Gasteiger partial charge is 0.293 e. The average Bonchev–Trinajstić information content (AvgIpc) is 3.09. The number of hydrogen-bond donors (Lipinski definition) is 0. The van der Waals surface area contributed by atoms with Crippen molar-refractivity contribution in [1.29, 1.82) is 0 Å². The number of nitrogens with zero attached hydrogens (tertiary/aromatic N) is 3. The molecular weight excluding hydrogens is 426 g/mol. The first-order valence-corrected chi connectivity index (χ1v) is 11.6. The van der Waals surface area contributed by atoms with E-state index in [2.05, 4.69) is 24.0 Å². The number of carbonyl (C=O) groups is 3. The molecular formula is C28H29N3O3. The summed E-state index contributed by atoms with van der Waals surface area (Å²) in [5, 5.41) is 8.50. The Bertz CT molecular complexity index is 1210. The number of rotatable bonds is 6. The lowest BCUT2D eigenvalue weighted by atomic mass is 9.85. The standard InChI is InChI=1S/C28H29N3O3/c1-16(2)19-10-12-20(13-11-19)25-24(26(32)21-8-6-18(5)7-9-21)27(33)28(34)31(25)23-15-14-22(17(3)4)29-30-23/h6-17,24-25H,1-5H3. The molecule has 1 aliphatic rings. The van der Waals surface area contributed by atoms with Crippen LogP contribution in [0.4, 0.5) is 5.82 Å². The van der Waals surface area contributed by atoms with E-state index in [1.807, 2.05) is 57.2 Å². The molecule has 0 N–H and O–H groups in total. The summed E-state index contributed by atoms with van der Waals surface area (Å²) in [6.07, 6.45) is 0. The van der Waals surface area contributed by atoms with Crippen LogP contribution in [0.15, 0.2) is 60.7 Å². The molecule has 1 saturated heterocycles. The third kappa shape index (κ3) is 4.28. The topological polar surface area (TPSA) is 80.2 Å². The van der Waals surface area contributed by atoms with Gasteiger partial charge in [0.1, 0.15) is 5.92 Å². The van der Waals surface area contributed by atoms with E-state index in [0.29, 0.717) is 17.0 Å². The molecule has 0 bridgehead atoms. The lowest BCUT2D eigenvalue weighted by Crippen LogP contribution is -2.31. The van der Waals surface area contributed by atoms with Crippen LogP contribution in [-0.2, 0) is 9.59 Å². The second-order valence-corrected chi connectivity index (χ2v) is 9.48. The highest BCUT2D eigenvalue weighted by molar-refractivity contribution is 6.48. The molecule has 2 aromatic carbocycles. The Labute approximate surface area is 200 Å². The van der Waals surface area contributed by atoms with E-state index >= 15 is 0 Å². The fraction of sp³-hybridized carbons (Fsp3) is 0.321. The van der Waals surface area contributed by atoms with Crippen LogP contribution < -0.4 is 4.90 Å². The fourth-order valence-electron chi connectivity index (χ4n) is 4.27. The quantitative estimate of drug-likeness (QED) is 0.290. The lowest BCUT2D eigenvalue weighted by Gasteiger charge is -2.26. The minimum Gasteiger partial charge on any atom is -0.293 e. The van der Waals surface area contributed by atoms with Crippen LogP contribution in [0.5, 0.6) is 0 Å². The van der Waals surface area contributed by atoms with Gasteiger partial charge in [-0.2, -0.15) is 5.10 Å². The van der Waals surface area contributed by atoms with E-state index in [0.717, 1.165) is 16.8 Å². The van der Waals surface area contributed by atoms with Crippen molar-refractivity contribution in [1.82, 2.24) is 10.2 Å². The molecule has 0 saturated carbocycles. The molecule has 6 heteroatoms. The van der Waals surface area contributed by atoms with Crippen molar-refractivity contribution in [2.24, 2.45) is 5.92 Å². The predicted molar refractivity (Wildman–Crippen MR) is 131 cm³/mol. The zero-order valence-corrected chi connectivity index (χ0v) is 20.1. The molecule has 0 radical (unpaired) electrons. The van der Waals surface area contributed by atoms with Gasteiger partial charge >= 0.3 is 0 Å². The average molecular weight is 456 g/mol. The molecule has 3 aromatic rings. The third-order valence-electron chi connectivity index (χ3n) is 6.38. The number of aryl methyl sites for hydroxylation is 1. The van der Waals surface area contributed by atoms with Gasteiger partial charge in [-0.1, -0.05) is 81.8 Å². The Balaban J connectivity index is 1.82. The summed E-state index contributed by atoms with van der Waals surface area (Å²) in [5.41, 5.74) is 4.04. The number of aromatic nitrogens is 2. The van der Waals surface area contributed by atoms with Crippen LogP contribution in [0.2, 0.25) is 0 Å². The molecule has 1 fully saturated rings. The first-order valence-electron chi connectivity index (χ1n) is 11.6. The molecule has 0 aliphatic carbocycles. The Hall–Kier alpha value is -3.67. The zero-order valence-electron chi connectivity index (χ0n) is 20.1. The first-order chi connectivity index (χ1) is 16.2. The number of Topliss-reactive ketones (excluding diaryl/α,β-unsaturated/α-hetero) is 2. The van der Waals surface area contributed by atoms with Gasteiger partial charge in [-0.05, 0) is 42.0 Å². The normalized spacial score (nSPS) is 18.3. The molecule has 1 amide bonds. The van der Waals surface area contributed by atoms with Crippen molar-refractivity contribution < 1.29 is 14.4 Å². The van der Waals surface area contributed by atoms with Gasteiger partial charge in [0.15, 0.2) is 11.6 Å². The number of amides is 1. The Morgan fingerprint density at radius 2 is 1.47 bits per heavy atom. The van der Waals surface area contributed by atoms with E-state index in [1.54, 1.807) is 24.3 Å². The highest BCUT2D eigenvalue weighted by atomic mass is 16.2. The molecule has 2 unspecified atom stereocenters. The Morgan fingerprint density at radius 3 is 2.00 bits per heavy atom. The minimum atomic E-state index is -1.16. The van der Waals surface area contributed by atoms with Gasteiger partial charge in [-0.3, -0.25) is 19.3 Å². The Morgan fingerprint density at radius 1 is 0.824 bits per heavy atom. The maximum atomic E-state index is 13.6. The van der Waals surface area contributed by atoms with Crippen LogP contribution >= 0.6 is 0 Å². The minimum absolute atomic E-state index is 0.174. The monoisotopic (exact) mass is 455 g/mol. The summed E-state index contributed by atoms with van der Waals surface area (Å²) >= 11 is 0. The molecule has 2 atom stereocenters. The largest absolute Gasteiger partial charge is 0.297 e. The number of ketones is 2. The van der Waals surface area contributed by atoms with Crippen LogP contribution in [0.25, 0.3) is 0 Å². The van der Waals surface area contributed by atoms with Crippen molar-refractivity contribution in [3.05, 3.63) is 88.6 Å². The summed E-state index contributed by atoms with van der Waals surface area (Å²) < 4.78 is 0. The maximum absolute atomic E-state index is 13.6. The van der Waals surface area contributed by atoms with Crippen molar-refractivity contribution in [3.8, 4) is 0 Å². The van der Waals surface area contributed by atoms with E-state index in [1.165, 1.54) is 4.90 Å². The molecule has 4 rings (SSSR count). The number of hydrogen-bond acceptors (Lipinski definition) is 5. The van der Waals surface area contributed by atoms with Gasteiger partial charge in [0.25, 0.3) is 5.91 Å². The van der Waals surface area contributed by atoms with Crippen LogP contribution in [0.1, 0.15) is 78.3 Å². The van der Waals surface area contributed by atoms with E-state index in [9.17, 15) is 14.4 Å². The van der Waals surface area contributed by atoms with Gasteiger partial charge in [-0.15, -0.1) is 5.10 Å². The molecule has 0 spiro atoms. The van der Waals surface area contributed by atoms with Gasteiger partial charge in [-0.25, -0.2) is 0 Å². The molecule has 1 aromatic heterocycles. The summed E-state index contributed by atoms with van der Waals surface area (Å²) in [4.78, 5) is 41.4. The second-order valence-electron chi connectivity index (χ2n) is 9.48. The van der Waals surface area contributed by atoms with Crippen LogP contribution in [-0.4, -0.2) is 27.7 Å². The predicted octanol–water partition coefficient (Wildman–Crippen LogP) is 5.19. The highest BCUT2D eigenvalue weighted by Crippen LogP contribution is 2.41. The molecule has 6 nitrogen and oxygen atoms in total. The lowest BCUT2D eigenvalue weighted by molar-refractivity contribution is -0.135. The molecule has 2 heterocycles. The van der Waals surface area contributed by atoms with Crippen LogP contribution in [0.3, 0.4) is 0 Å². The molecule has 1 aliphatic heterocycles. The number of anilines is 1. The van der Waals surface area contributed by atoms with E-state index < -0.39 is 23.7 Å². The first kappa shape index (κ1) is 23.5. The SMILES string of the molecule is Cc1ccc(C(=O)C2C(=O)C(=O)N(c3ccc(C(C)C)nn3)C2c2ccc(C(C)C)cc2)cc1. The molecule has 34 heavy (non-hydrogen) atoms. The number of benzene rings is 2. The van der Waals surface area contributed by atoms with Gasteiger partial charge in [0, 0.05) is 5.56 Å². The van der Waals surface area contributed by atoms with Gasteiger partial charge in [0.2, 0.25) is 5.78 Å². The Kier molecular flexibility index (Phi) is 6.42. The number of carbonyl (C=O) groups excluding carboxylic acids is 3. The zero-order chi connectivity index (χ0) is 24.6. The fourth-order valence-corrected chi connectivity index (χ4v) is 4.27. The summed E-state index contributed by atoms with van der Waals surface area (Å²) in [7, 11) is 0. The van der Waals surface area contributed by atoms with Crippen molar-refractivity contribution in [2.45, 2.75) is 52.5 Å². The maximum Gasteiger partial charge on any atom is 0.297 e. The summed E-state index contributed by atoms with van der Waals surface area (Å²) in [6.45, 7) is 10.1.